The summed E-state index contributed by atoms with van der Waals surface area (Å²) in [4.78, 5) is 30.2. The van der Waals surface area contributed by atoms with E-state index in [0.29, 0.717) is 34.3 Å². The van der Waals surface area contributed by atoms with E-state index >= 15 is 0 Å². The Morgan fingerprint density at radius 1 is 1.11 bits per heavy atom. The van der Waals surface area contributed by atoms with Crippen LogP contribution in [0.2, 0.25) is 0 Å². The number of benzene rings is 2. The van der Waals surface area contributed by atoms with Gasteiger partial charge in [-0.25, -0.2) is 9.37 Å². The third kappa shape index (κ3) is 3.54. The van der Waals surface area contributed by atoms with E-state index in [-0.39, 0.29) is 17.3 Å². The number of rotatable bonds is 2. The summed E-state index contributed by atoms with van der Waals surface area (Å²) in [7, 11) is 0. The molecule has 0 saturated carbocycles. The van der Waals surface area contributed by atoms with Crippen molar-refractivity contribution < 1.29 is 9.18 Å². The number of carbonyl (C=O) groups excluding carboxylic acids is 1. The molecule has 0 radical (unpaired) electrons. The lowest BCUT2D eigenvalue weighted by atomic mass is 10.1. The molecule has 0 saturated heterocycles. The van der Waals surface area contributed by atoms with Gasteiger partial charge in [0, 0.05) is 24.2 Å². The molecule has 1 amide bonds. The van der Waals surface area contributed by atoms with Gasteiger partial charge in [-0.2, -0.15) is 0 Å². The molecular weight excluding hydrogens is 357 g/mol. The van der Waals surface area contributed by atoms with E-state index in [2.05, 4.69) is 5.32 Å². The molecule has 6 heteroatoms. The van der Waals surface area contributed by atoms with Crippen LogP contribution in [0.1, 0.15) is 47.4 Å². The van der Waals surface area contributed by atoms with Gasteiger partial charge >= 0.3 is 0 Å². The Kier molecular flexibility index (Phi) is 4.94. The molecular formula is C22H22FN3O2. The highest BCUT2D eigenvalue weighted by molar-refractivity contribution is 6.06. The smallest absolute Gasteiger partial charge is 0.261 e. The summed E-state index contributed by atoms with van der Waals surface area (Å²) in [6.45, 7) is 2.43. The van der Waals surface area contributed by atoms with Crippen LogP contribution in [0.15, 0.2) is 41.2 Å². The summed E-state index contributed by atoms with van der Waals surface area (Å²) in [6, 6.07) is 9.18. The van der Waals surface area contributed by atoms with Crippen LogP contribution >= 0.6 is 0 Å². The van der Waals surface area contributed by atoms with Gasteiger partial charge in [0.05, 0.1) is 10.9 Å². The van der Waals surface area contributed by atoms with Crippen LogP contribution in [-0.4, -0.2) is 15.5 Å². The Labute approximate surface area is 162 Å². The minimum absolute atomic E-state index is 0.0387. The van der Waals surface area contributed by atoms with Gasteiger partial charge in [0.1, 0.15) is 11.6 Å². The van der Waals surface area contributed by atoms with Crippen molar-refractivity contribution >= 4 is 22.5 Å². The average Bonchev–Trinajstić information content (AvgIpc) is 2.65. The predicted octanol–water partition coefficient (Wildman–Crippen LogP) is 4.21. The fraction of sp³-hybridized carbons (Fsp3) is 0.318. The molecule has 144 valence electrons. The quantitative estimate of drug-likeness (QED) is 0.725. The summed E-state index contributed by atoms with van der Waals surface area (Å²) in [5, 5.41) is 3.32. The van der Waals surface area contributed by atoms with Crippen LogP contribution in [-0.2, 0) is 13.0 Å². The minimum atomic E-state index is -0.345. The molecule has 1 N–H and O–H groups in total. The Bertz CT molecular complexity index is 1120. The van der Waals surface area contributed by atoms with Crippen molar-refractivity contribution in [1.29, 1.82) is 0 Å². The maximum Gasteiger partial charge on any atom is 0.261 e. The highest BCUT2D eigenvalue weighted by Gasteiger charge is 2.15. The van der Waals surface area contributed by atoms with E-state index in [0.717, 1.165) is 37.9 Å². The summed E-state index contributed by atoms with van der Waals surface area (Å²) >= 11 is 0. The molecule has 3 aromatic rings. The zero-order chi connectivity index (χ0) is 19.7. The SMILES string of the molecule is Cc1cc(F)ccc1NC(=O)c1ccc2c(=O)n3c(nc2c1)CCCCCC3. The monoisotopic (exact) mass is 379 g/mol. The molecule has 5 nitrogen and oxygen atoms in total. The second-order valence-corrected chi connectivity index (χ2v) is 7.29. The van der Waals surface area contributed by atoms with E-state index in [1.807, 2.05) is 0 Å². The van der Waals surface area contributed by atoms with Gasteiger partial charge < -0.3 is 5.32 Å². The van der Waals surface area contributed by atoms with Gasteiger partial charge in [-0.15, -0.1) is 0 Å². The first kappa shape index (κ1) is 18.3. The van der Waals surface area contributed by atoms with Gasteiger partial charge in [0.15, 0.2) is 0 Å². The van der Waals surface area contributed by atoms with Gasteiger partial charge in [-0.05, 0) is 61.7 Å². The molecule has 2 heterocycles. The Morgan fingerprint density at radius 3 is 2.75 bits per heavy atom. The number of nitrogens with zero attached hydrogens (tertiary/aromatic N) is 2. The second-order valence-electron chi connectivity index (χ2n) is 7.29. The van der Waals surface area contributed by atoms with Crippen molar-refractivity contribution in [2.45, 2.75) is 45.6 Å². The number of aryl methyl sites for hydroxylation is 2. The Morgan fingerprint density at radius 2 is 1.93 bits per heavy atom. The number of fused-ring (bicyclic) bond motifs is 2. The highest BCUT2D eigenvalue weighted by atomic mass is 19.1. The predicted molar refractivity (Wildman–Crippen MR) is 107 cm³/mol. The maximum absolute atomic E-state index is 13.3. The van der Waals surface area contributed by atoms with Crippen molar-refractivity contribution in [3.63, 3.8) is 0 Å². The molecule has 0 aliphatic carbocycles. The molecule has 28 heavy (non-hydrogen) atoms. The molecule has 1 aliphatic rings. The number of carbonyl (C=O) groups is 1. The van der Waals surface area contributed by atoms with Crippen molar-refractivity contribution in [1.82, 2.24) is 9.55 Å². The number of halogens is 1. The molecule has 0 spiro atoms. The Balaban J connectivity index is 1.69. The van der Waals surface area contributed by atoms with Crippen molar-refractivity contribution in [2.24, 2.45) is 0 Å². The van der Waals surface area contributed by atoms with E-state index in [1.54, 1.807) is 29.7 Å². The number of hydrogen-bond acceptors (Lipinski definition) is 3. The van der Waals surface area contributed by atoms with Gasteiger partial charge in [-0.1, -0.05) is 12.8 Å². The lowest BCUT2D eigenvalue weighted by Gasteiger charge is -2.16. The van der Waals surface area contributed by atoms with Crippen LogP contribution in [0.5, 0.6) is 0 Å². The molecule has 2 aromatic carbocycles. The third-order valence-corrected chi connectivity index (χ3v) is 5.27. The minimum Gasteiger partial charge on any atom is -0.322 e. The molecule has 1 aliphatic heterocycles. The highest BCUT2D eigenvalue weighted by Crippen LogP contribution is 2.19. The van der Waals surface area contributed by atoms with E-state index in [4.69, 9.17) is 4.98 Å². The van der Waals surface area contributed by atoms with Gasteiger partial charge in [-0.3, -0.25) is 14.2 Å². The summed E-state index contributed by atoms with van der Waals surface area (Å²) in [5.74, 6) is 0.136. The first-order valence-electron chi connectivity index (χ1n) is 9.64. The van der Waals surface area contributed by atoms with Crippen molar-refractivity contribution in [3.05, 3.63) is 69.5 Å². The zero-order valence-corrected chi connectivity index (χ0v) is 15.8. The fourth-order valence-electron chi connectivity index (χ4n) is 3.70. The number of aromatic nitrogens is 2. The number of amides is 1. The van der Waals surface area contributed by atoms with Gasteiger partial charge in [0.25, 0.3) is 11.5 Å². The van der Waals surface area contributed by atoms with Crippen LogP contribution in [0.4, 0.5) is 10.1 Å². The lowest BCUT2D eigenvalue weighted by Crippen LogP contribution is -2.26. The molecule has 0 atom stereocenters. The molecule has 0 bridgehead atoms. The van der Waals surface area contributed by atoms with Crippen LogP contribution in [0.3, 0.4) is 0 Å². The van der Waals surface area contributed by atoms with E-state index in [9.17, 15) is 14.0 Å². The number of anilines is 1. The van der Waals surface area contributed by atoms with E-state index < -0.39 is 0 Å². The maximum atomic E-state index is 13.3. The molecule has 0 unspecified atom stereocenters. The summed E-state index contributed by atoms with van der Waals surface area (Å²) in [6.07, 6.45) is 5.05. The molecule has 0 fully saturated rings. The van der Waals surface area contributed by atoms with Crippen LogP contribution in [0, 0.1) is 12.7 Å². The van der Waals surface area contributed by atoms with Crippen molar-refractivity contribution in [2.75, 3.05) is 5.32 Å². The molecule has 1 aromatic heterocycles. The Hall–Kier alpha value is -3.02. The van der Waals surface area contributed by atoms with Crippen LogP contribution < -0.4 is 10.9 Å². The fourth-order valence-corrected chi connectivity index (χ4v) is 3.70. The third-order valence-electron chi connectivity index (χ3n) is 5.27. The number of nitrogens with one attached hydrogen (secondary N) is 1. The van der Waals surface area contributed by atoms with Crippen molar-refractivity contribution in [3.8, 4) is 0 Å². The van der Waals surface area contributed by atoms with E-state index in [1.165, 1.54) is 18.2 Å². The lowest BCUT2D eigenvalue weighted by molar-refractivity contribution is 0.102. The number of hydrogen-bond donors (Lipinski definition) is 1. The first-order valence-corrected chi connectivity index (χ1v) is 9.64. The second kappa shape index (κ2) is 7.54. The average molecular weight is 379 g/mol. The topological polar surface area (TPSA) is 64.0 Å². The van der Waals surface area contributed by atoms with Crippen LogP contribution in [0.25, 0.3) is 10.9 Å². The summed E-state index contributed by atoms with van der Waals surface area (Å²) < 4.78 is 15.0. The summed E-state index contributed by atoms with van der Waals surface area (Å²) in [5.41, 5.74) is 2.12. The largest absolute Gasteiger partial charge is 0.322 e. The molecule has 4 rings (SSSR count). The normalized spacial score (nSPS) is 14.2. The zero-order valence-electron chi connectivity index (χ0n) is 15.8. The first-order chi connectivity index (χ1) is 13.5. The van der Waals surface area contributed by atoms with Gasteiger partial charge in [0.2, 0.25) is 0 Å². The standard InChI is InChI=1S/C22H22FN3O2/c1-14-12-16(23)8-10-18(14)25-21(27)15-7-9-17-19(13-15)24-20-6-4-2-3-5-11-26(20)22(17)28/h7-10,12-13H,2-6,11H2,1H3,(H,25,27).